The van der Waals surface area contributed by atoms with E-state index >= 15 is 0 Å². The summed E-state index contributed by atoms with van der Waals surface area (Å²) >= 11 is 1.79. The topological polar surface area (TPSA) is 51.8 Å². The molecular weight excluding hydrogens is 583 g/mol. The normalized spacial score (nSPS) is 11.9. The van der Waals surface area contributed by atoms with Crippen molar-refractivity contribution in [2.24, 2.45) is 0 Å². The summed E-state index contributed by atoms with van der Waals surface area (Å²) in [6.07, 6.45) is 0. The zero-order valence-corrected chi connectivity index (χ0v) is 25.3. The third kappa shape index (κ3) is 3.76. The van der Waals surface area contributed by atoms with Crippen LogP contribution in [0.25, 0.3) is 97.8 Å². The molecule has 3 heterocycles. The summed E-state index contributed by atoms with van der Waals surface area (Å²) in [6.45, 7) is 0. The van der Waals surface area contributed by atoms with Crippen LogP contribution in [0.5, 0.6) is 0 Å². The Kier molecular flexibility index (Phi) is 5.41. The summed E-state index contributed by atoms with van der Waals surface area (Å²) in [6, 6.07) is 48.4. The second-order valence-electron chi connectivity index (χ2n) is 11.6. The predicted octanol–water partition coefficient (Wildman–Crippen LogP) is 11.4. The van der Waals surface area contributed by atoms with E-state index in [1.807, 2.05) is 30.3 Å². The van der Waals surface area contributed by atoms with Crippen molar-refractivity contribution in [3.05, 3.63) is 140 Å². The lowest BCUT2D eigenvalue weighted by Crippen LogP contribution is -2.00. The van der Waals surface area contributed by atoms with Gasteiger partial charge in [0.25, 0.3) is 0 Å². The molecule has 0 aliphatic rings. The smallest absolute Gasteiger partial charge is 0.164 e. The molecule has 0 bridgehead atoms. The fourth-order valence-electron chi connectivity index (χ4n) is 6.85. The van der Waals surface area contributed by atoms with Gasteiger partial charge in [-0.25, -0.2) is 15.0 Å². The number of hydrogen-bond acceptors (Lipinski definition) is 5. The first-order valence-corrected chi connectivity index (χ1v) is 16.1. The van der Waals surface area contributed by atoms with Crippen LogP contribution >= 0.6 is 11.3 Å². The number of rotatable bonds is 3. The molecule has 10 rings (SSSR count). The number of aromatic nitrogens is 3. The van der Waals surface area contributed by atoms with Crippen molar-refractivity contribution in [2.45, 2.75) is 0 Å². The molecule has 0 saturated carbocycles. The third-order valence-electron chi connectivity index (χ3n) is 8.92. The van der Waals surface area contributed by atoms with Crippen LogP contribution in [0.1, 0.15) is 0 Å². The summed E-state index contributed by atoms with van der Waals surface area (Å²) in [5, 5.41) is 9.06. The molecule has 0 aliphatic heterocycles. The second kappa shape index (κ2) is 9.80. The van der Waals surface area contributed by atoms with Crippen molar-refractivity contribution in [3.8, 4) is 34.2 Å². The fourth-order valence-corrected chi connectivity index (χ4v) is 7.98. The van der Waals surface area contributed by atoms with E-state index in [9.17, 15) is 0 Å². The minimum Gasteiger partial charge on any atom is -0.455 e. The van der Waals surface area contributed by atoms with Gasteiger partial charge in [0, 0.05) is 53.0 Å². The van der Waals surface area contributed by atoms with E-state index in [-0.39, 0.29) is 0 Å². The highest BCUT2D eigenvalue weighted by molar-refractivity contribution is 7.25. The number of nitrogens with zero attached hydrogens (tertiary/aromatic N) is 3. The van der Waals surface area contributed by atoms with Crippen LogP contribution in [0.15, 0.2) is 144 Å². The molecular formula is C41H23N3OS. The van der Waals surface area contributed by atoms with Crippen molar-refractivity contribution in [1.82, 2.24) is 15.0 Å². The van der Waals surface area contributed by atoms with E-state index in [1.54, 1.807) is 11.3 Å². The van der Waals surface area contributed by atoms with E-state index in [0.29, 0.717) is 17.5 Å². The highest BCUT2D eigenvalue weighted by atomic mass is 32.1. The van der Waals surface area contributed by atoms with Crippen molar-refractivity contribution in [2.75, 3.05) is 0 Å². The Hall–Kier alpha value is -5.91. The van der Waals surface area contributed by atoms with Gasteiger partial charge in [-0.15, -0.1) is 11.3 Å². The monoisotopic (exact) mass is 605 g/mol. The molecule has 10 aromatic rings. The standard InChI is InChI=1S/C41H23N3OS/c1-2-11-26(12-3-1)39-42-40(44-41(43-39)31-16-9-19-34-37(31)28-14-6-7-18-33(28)46-34)30-15-8-17-32-36(30)29-23-22-25-21-20-24-10-4-5-13-27(24)35(25)38(29)45-32/h1-23H. The minimum atomic E-state index is 0.617. The van der Waals surface area contributed by atoms with Gasteiger partial charge in [-0.3, -0.25) is 0 Å². The minimum absolute atomic E-state index is 0.617. The lowest BCUT2D eigenvalue weighted by molar-refractivity contribution is 0.673. The Labute approximate surface area is 267 Å². The lowest BCUT2D eigenvalue weighted by atomic mass is 9.98. The van der Waals surface area contributed by atoms with Crippen LogP contribution in [0.2, 0.25) is 0 Å². The molecule has 0 saturated heterocycles. The summed E-state index contributed by atoms with van der Waals surface area (Å²) in [5.41, 5.74) is 4.54. The van der Waals surface area contributed by atoms with Gasteiger partial charge >= 0.3 is 0 Å². The summed E-state index contributed by atoms with van der Waals surface area (Å²) in [5.74, 6) is 1.91. The third-order valence-corrected chi connectivity index (χ3v) is 10.1. The molecule has 46 heavy (non-hydrogen) atoms. The summed E-state index contributed by atoms with van der Waals surface area (Å²) in [4.78, 5) is 15.4. The van der Waals surface area contributed by atoms with E-state index in [4.69, 9.17) is 19.4 Å². The van der Waals surface area contributed by atoms with Crippen LogP contribution < -0.4 is 0 Å². The quantitative estimate of drug-likeness (QED) is 0.188. The van der Waals surface area contributed by atoms with Crippen LogP contribution in [-0.2, 0) is 0 Å². The Morgan fingerprint density at radius 3 is 1.93 bits per heavy atom. The molecule has 5 heteroatoms. The van der Waals surface area contributed by atoms with Crippen molar-refractivity contribution in [3.63, 3.8) is 0 Å². The Balaban J connectivity index is 1.29. The molecule has 0 fully saturated rings. The Morgan fingerprint density at radius 2 is 1.07 bits per heavy atom. The zero-order chi connectivity index (χ0) is 30.2. The van der Waals surface area contributed by atoms with Crippen molar-refractivity contribution in [1.29, 1.82) is 0 Å². The number of thiophene rings is 1. The molecule has 0 N–H and O–H groups in total. The van der Waals surface area contributed by atoms with Gasteiger partial charge in [-0.05, 0) is 40.4 Å². The zero-order valence-electron chi connectivity index (χ0n) is 24.4. The first-order valence-electron chi connectivity index (χ1n) is 15.3. The van der Waals surface area contributed by atoms with Crippen LogP contribution in [0.3, 0.4) is 0 Å². The molecule has 0 aliphatic carbocycles. The highest BCUT2D eigenvalue weighted by Crippen LogP contribution is 2.43. The molecule has 0 amide bonds. The molecule has 0 spiro atoms. The van der Waals surface area contributed by atoms with E-state index in [2.05, 4.69) is 109 Å². The Bertz CT molecular complexity index is 2820. The van der Waals surface area contributed by atoms with E-state index < -0.39 is 0 Å². The molecule has 214 valence electrons. The Morgan fingerprint density at radius 1 is 0.413 bits per heavy atom. The largest absolute Gasteiger partial charge is 0.455 e. The first kappa shape index (κ1) is 25.4. The van der Waals surface area contributed by atoms with Crippen molar-refractivity contribution < 1.29 is 4.42 Å². The van der Waals surface area contributed by atoms with E-state index in [1.165, 1.54) is 30.9 Å². The maximum absolute atomic E-state index is 6.69. The number of hydrogen-bond donors (Lipinski definition) is 0. The van der Waals surface area contributed by atoms with Crippen LogP contribution in [-0.4, -0.2) is 15.0 Å². The molecule has 0 unspecified atom stereocenters. The fraction of sp³-hybridized carbons (Fsp3) is 0. The van der Waals surface area contributed by atoms with Crippen LogP contribution in [0, 0.1) is 0 Å². The summed E-state index contributed by atoms with van der Waals surface area (Å²) < 4.78 is 9.15. The summed E-state index contributed by atoms with van der Waals surface area (Å²) in [7, 11) is 0. The molecule has 0 atom stereocenters. The highest BCUT2D eigenvalue weighted by Gasteiger charge is 2.21. The van der Waals surface area contributed by atoms with Gasteiger partial charge in [0.1, 0.15) is 11.2 Å². The molecule has 3 aromatic heterocycles. The number of benzene rings is 7. The number of fused-ring (bicyclic) bond motifs is 10. The first-order chi connectivity index (χ1) is 22.8. The predicted molar refractivity (Wildman–Crippen MR) is 191 cm³/mol. The average molecular weight is 606 g/mol. The van der Waals surface area contributed by atoms with Gasteiger partial charge in [0.2, 0.25) is 0 Å². The van der Waals surface area contributed by atoms with Crippen molar-refractivity contribution >= 4 is 75.0 Å². The van der Waals surface area contributed by atoms with Gasteiger partial charge < -0.3 is 4.42 Å². The maximum atomic E-state index is 6.69. The van der Waals surface area contributed by atoms with E-state index in [0.717, 1.165) is 49.4 Å². The van der Waals surface area contributed by atoms with Gasteiger partial charge in [0.15, 0.2) is 17.5 Å². The van der Waals surface area contributed by atoms with Crippen LogP contribution in [0.4, 0.5) is 0 Å². The van der Waals surface area contributed by atoms with Gasteiger partial charge in [0.05, 0.1) is 0 Å². The SMILES string of the molecule is c1ccc(-c2nc(-c3cccc4oc5c(ccc6ccc7ccccc7c65)c34)nc(-c3cccc4sc5ccccc5c34)n2)cc1. The number of furan rings is 1. The second-order valence-corrected chi connectivity index (χ2v) is 12.6. The van der Waals surface area contributed by atoms with Gasteiger partial charge in [-0.1, -0.05) is 115 Å². The molecule has 0 radical (unpaired) electrons. The molecule has 7 aromatic carbocycles. The molecule has 4 nitrogen and oxygen atoms in total. The lowest BCUT2D eigenvalue weighted by Gasteiger charge is -2.10. The average Bonchev–Trinajstić information content (AvgIpc) is 3.70. The van der Waals surface area contributed by atoms with Gasteiger partial charge in [-0.2, -0.15) is 0 Å². The maximum Gasteiger partial charge on any atom is 0.164 e.